The summed E-state index contributed by atoms with van der Waals surface area (Å²) in [5, 5.41) is 10.5. The van der Waals surface area contributed by atoms with Gasteiger partial charge in [-0.15, -0.1) is 11.3 Å². The number of thiophene rings is 1. The molecule has 3 rings (SSSR count). The highest BCUT2D eigenvalue weighted by molar-refractivity contribution is 7.12. The molecule has 2 heterocycles. The van der Waals surface area contributed by atoms with Crippen molar-refractivity contribution >= 4 is 11.3 Å². The van der Waals surface area contributed by atoms with Crippen molar-refractivity contribution < 1.29 is 9.84 Å². The summed E-state index contributed by atoms with van der Waals surface area (Å²) >= 11 is 1.73. The summed E-state index contributed by atoms with van der Waals surface area (Å²) in [7, 11) is 0. The molecule has 4 heteroatoms. The molecule has 20 heavy (non-hydrogen) atoms. The van der Waals surface area contributed by atoms with E-state index >= 15 is 0 Å². The van der Waals surface area contributed by atoms with E-state index in [0.717, 1.165) is 35.5 Å². The van der Waals surface area contributed by atoms with Crippen molar-refractivity contribution in [2.75, 3.05) is 6.61 Å². The van der Waals surface area contributed by atoms with E-state index < -0.39 is 6.10 Å². The normalized spacial score (nSPS) is 15.1. The van der Waals surface area contributed by atoms with Gasteiger partial charge < -0.3 is 9.84 Å². The first-order chi connectivity index (χ1) is 9.78. The highest BCUT2D eigenvalue weighted by Crippen LogP contribution is 2.36. The summed E-state index contributed by atoms with van der Waals surface area (Å²) < 4.78 is 5.57. The van der Waals surface area contributed by atoms with Crippen molar-refractivity contribution in [1.29, 1.82) is 0 Å². The maximum atomic E-state index is 10.5. The summed E-state index contributed by atoms with van der Waals surface area (Å²) in [6.07, 6.45) is 7.34. The van der Waals surface area contributed by atoms with Crippen molar-refractivity contribution in [1.82, 2.24) is 4.98 Å². The van der Waals surface area contributed by atoms with Gasteiger partial charge in [0.1, 0.15) is 11.9 Å². The first-order valence-electron chi connectivity index (χ1n) is 7.15. The van der Waals surface area contributed by atoms with Gasteiger partial charge in [0.2, 0.25) is 0 Å². The van der Waals surface area contributed by atoms with Gasteiger partial charge in [-0.1, -0.05) is 6.92 Å². The van der Waals surface area contributed by atoms with E-state index in [0.29, 0.717) is 6.61 Å². The maximum Gasteiger partial charge on any atom is 0.137 e. The highest BCUT2D eigenvalue weighted by atomic mass is 32.1. The van der Waals surface area contributed by atoms with Gasteiger partial charge in [0.25, 0.3) is 0 Å². The van der Waals surface area contributed by atoms with Crippen LogP contribution in [0.1, 0.15) is 46.8 Å². The Bertz CT molecular complexity index is 572. The smallest absolute Gasteiger partial charge is 0.137 e. The van der Waals surface area contributed by atoms with Crippen LogP contribution in [0.25, 0.3) is 0 Å². The minimum absolute atomic E-state index is 0.594. The third-order valence-corrected chi connectivity index (χ3v) is 4.85. The number of hydrogen-bond acceptors (Lipinski definition) is 4. The number of pyridine rings is 1. The molecule has 1 unspecified atom stereocenters. The van der Waals surface area contributed by atoms with Gasteiger partial charge in [0, 0.05) is 21.5 Å². The van der Waals surface area contributed by atoms with Gasteiger partial charge in [0.05, 0.1) is 12.8 Å². The van der Waals surface area contributed by atoms with Crippen LogP contribution in [-0.2, 0) is 12.8 Å². The average Bonchev–Trinajstić information content (AvgIpc) is 3.06. The number of aromatic nitrogens is 1. The Kier molecular flexibility index (Phi) is 4.03. The summed E-state index contributed by atoms with van der Waals surface area (Å²) in [4.78, 5) is 6.62. The second-order valence-electron chi connectivity index (χ2n) is 5.16. The van der Waals surface area contributed by atoms with E-state index in [4.69, 9.17) is 4.74 Å². The van der Waals surface area contributed by atoms with Crippen LogP contribution in [0.2, 0.25) is 0 Å². The highest BCUT2D eigenvalue weighted by Gasteiger charge is 2.20. The van der Waals surface area contributed by atoms with Crippen molar-refractivity contribution in [3.8, 4) is 5.75 Å². The molecule has 0 saturated carbocycles. The van der Waals surface area contributed by atoms with Crippen LogP contribution >= 0.6 is 11.3 Å². The first-order valence-corrected chi connectivity index (χ1v) is 7.97. The SMILES string of the molecule is CCCOc1cncc(C(O)c2cc3c(s2)CCC3)c1. The van der Waals surface area contributed by atoms with Crippen LogP contribution < -0.4 is 4.74 Å². The first kappa shape index (κ1) is 13.6. The lowest BCUT2D eigenvalue weighted by Crippen LogP contribution is -2.01. The summed E-state index contributed by atoms with van der Waals surface area (Å²) in [6, 6.07) is 4.04. The second-order valence-corrected chi connectivity index (χ2v) is 6.32. The molecule has 1 aliphatic rings. The molecular formula is C16H19NO2S. The van der Waals surface area contributed by atoms with E-state index in [9.17, 15) is 5.11 Å². The van der Waals surface area contributed by atoms with Crippen LogP contribution in [0.4, 0.5) is 0 Å². The molecule has 0 aliphatic heterocycles. The minimum Gasteiger partial charge on any atom is -0.492 e. The van der Waals surface area contributed by atoms with Crippen LogP contribution in [0.15, 0.2) is 24.5 Å². The second kappa shape index (κ2) is 5.94. The zero-order valence-electron chi connectivity index (χ0n) is 11.6. The Morgan fingerprint density at radius 1 is 1.35 bits per heavy atom. The van der Waals surface area contributed by atoms with Gasteiger partial charge >= 0.3 is 0 Å². The lowest BCUT2D eigenvalue weighted by atomic mass is 10.1. The molecule has 2 aromatic heterocycles. The van der Waals surface area contributed by atoms with Crippen LogP contribution in [0, 0.1) is 0 Å². The molecule has 0 fully saturated rings. The quantitative estimate of drug-likeness (QED) is 0.916. The molecule has 0 radical (unpaired) electrons. The number of nitrogens with zero attached hydrogens (tertiary/aromatic N) is 1. The molecule has 106 valence electrons. The Morgan fingerprint density at radius 2 is 2.25 bits per heavy atom. The Hall–Kier alpha value is -1.39. The average molecular weight is 289 g/mol. The molecule has 2 aromatic rings. The van der Waals surface area contributed by atoms with E-state index in [2.05, 4.69) is 18.0 Å². The van der Waals surface area contributed by atoms with Crippen LogP contribution in [0.3, 0.4) is 0 Å². The van der Waals surface area contributed by atoms with Crippen LogP contribution in [-0.4, -0.2) is 16.7 Å². The minimum atomic E-state index is -0.594. The van der Waals surface area contributed by atoms with E-state index in [1.807, 2.05) is 6.07 Å². The van der Waals surface area contributed by atoms with Gasteiger partial charge in [-0.25, -0.2) is 0 Å². The topological polar surface area (TPSA) is 42.4 Å². The lowest BCUT2D eigenvalue weighted by molar-refractivity contribution is 0.222. The third-order valence-electron chi connectivity index (χ3n) is 3.56. The fourth-order valence-corrected chi connectivity index (χ4v) is 3.81. The van der Waals surface area contributed by atoms with Crippen molar-refractivity contribution in [3.05, 3.63) is 45.4 Å². The summed E-state index contributed by atoms with van der Waals surface area (Å²) in [5.74, 6) is 0.729. The Labute approximate surface area is 123 Å². The van der Waals surface area contributed by atoms with Crippen molar-refractivity contribution in [2.45, 2.75) is 38.7 Å². The zero-order chi connectivity index (χ0) is 13.9. The van der Waals surface area contributed by atoms with Gasteiger partial charge in [-0.3, -0.25) is 4.98 Å². The fraction of sp³-hybridized carbons (Fsp3) is 0.438. The molecule has 1 aliphatic carbocycles. The Morgan fingerprint density at radius 3 is 3.05 bits per heavy atom. The number of fused-ring (bicyclic) bond motifs is 1. The van der Waals surface area contributed by atoms with E-state index in [1.54, 1.807) is 23.7 Å². The standard InChI is InChI=1S/C16H19NO2S/c1-2-6-19-13-7-12(9-17-10-13)16(18)15-8-11-4-3-5-14(11)20-15/h7-10,16,18H,2-6H2,1H3. The molecule has 3 nitrogen and oxygen atoms in total. The largest absolute Gasteiger partial charge is 0.492 e. The monoisotopic (exact) mass is 289 g/mol. The lowest BCUT2D eigenvalue weighted by Gasteiger charge is -2.11. The predicted molar refractivity (Wildman–Crippen MR) is 80.4 cm³/mol. The Balaban J connectivity index is 1.80. The number of rotatable bonds is 5. The number of aliphatic hydroxyl groups excluding tert-OH is 1. The molecular weight excluding hydrogens is 270 g/mol. The van der Waals surface area contributed by atoms with Crippen LogP contribution in [0.5, 0.6) is 5.75 Å². The van der Waals surface area contributed by atoms with Gasteiger partial charge in [-0.2, -0.15) is 0 Å². The van der Waals surface area contributed by atoms with Crippen molar-refractivity contribution in [3.63, 3.8) is 0 Å². The van der Waals surface area contributed by atoms with E-state index in [1.165, 1.54) is 16.9 Å². The number of hydrogen-bond donors (Lipinski definition) is 1. The summed E-state index contributed by atoms with van der Waals surface area (Å²) in [6.45, 7) is 2.74. The van der Waals surface area contributed by atoms with Crippen molar-refractivity contribution in [2.24, 2.45) is 0 Å². The molecule has 0 spiro atoms. The molecule has 1 N–H and O–H groups in total. The zero-order valence-corrected chi connectivity index (χ0v) is 12.4. The molecule has 0 amide bonds. The summed E-state index contributed by atoms with van der Waals surface area (Å²) in [5.41, 5.74) is 2.22. The van der Waals surface area contributed by atoms with Gasteiger partial charge in [0.15, 0.2) is 0 Å². The molecule has 1 atom stereocenters. The predicted octanol–water partition coefficient (Wildman–Crippen LogP) is 3.50. The number of aryl methyl sites for hydroxylation is 2. The van der Waals surface area contributed by atoms with E-state index in [-0.39, 0.29) is 0 Å². The molecule has 0 saturated heterocycles. The fourth-order valence-electron chi connectivity index (χ4n) is 2.54. The molecule has 0 bridgehead atoms. The maximum absolute atomic E-state index is 10.5. The number of ether oxygens (including phenoxy) is 1. The third kappa shape index (κ3) is 2.72. The number of aliphatic hydroxyl groups is 1. The van der Waals surface area contributed by atoms with Gasteiger partial charge in [-0.05, 0) is 43.4 Å². The molecule has 0 aromatic carbocycles.